The molecule has 0 bridgehead atoms. The molecular weight excluding hydrogens is 234 g/mol. The molecule has 1 fully saturated rings. The van der Waals surface area contributed by atoms with Crippen molar-refractivity contribution in [1.82, 2.24) is 5.32 Å². The molecule has 106 valence electrons. The summed E-state index contributed by atoms with van der Waals surface area (Å²) >= 11 is 0. The summed E-state index contributed by atoms with van der Waals surface area (Å²) < 4.78 is 5.21. The minimum Gasteiger partial charge on any atom is -0.497 e. The third-order valence-corrected chi connectivity index (χ3v) is 4.68. The van der Waals surface area contributed by atoms with E-state index in [1.165, 1.54) is 31.4 Å². The molecule has 2 nitrogen and oxygen atoms in total. The first kappa shape index (κ1) is 14.4. The molecule has 1 atom stereocenters. The fraction of sp³-hybridized carbons (Fsp3) is 0.647. The molecule has 2 rings (SSSR count). The van der Waals surface area contributed by atoms with E-state index in [1.54, 1.807) is 7.11 Å². The number of hydrogen-bond donors (Lipinski definition) is 1. The topological polar surface area (TPSA) is 21.3 Å². The number of hydrogen-bond acceptors (Lipinski definition) is 2. The van der Waals surface area contributed by atoms with Crippen molar-refractivity contribution in [2.24, 2.45) is 5.41 Å². The van der Waals surface area contributed by atoms with Crippen molar-refractivity contribution in [3.8, 4) is 5.75 Å². The molecule has 0 radical (unpaired) electrons. The number of nitrogens with one attached hydrogen (secondary N) is 1. The quantitative estimate of drug-likeness (QED) is 0.890. The van der Waals surface area contributed by atoms with Crippen molar-refractivity contribution >= 4 is 0 Å². The average molecular weight is 261 g/mol. The highest BCUT2D eigenvalue weighted by Gasteiger charge is 2.43. The zero-order valence-electron chi connectivity index (χ0n) is 12.8. The molecule has 1 aliphatic rings. The lowest BCUT2D eigenvalue weighted by Crippen LogP contribution is -2.51. The maximum absolute atomic E-state index is 5.21. The van der Waals surface area contributed by atoms with Gasteiger partial charge in [0.1, 0.15) is 5.75 Å². The Morgan fingerprint density at radius 1 is 1.21 bits per heavy atom. The van der Waals surface area contributed by atoms with E-state index in [9.17, 15) is 0 Å². The Balaban J connectivity index is 2.03. The lowest BCUT2D eigenvalue weighted by Gasteiger charge is -2.42. The van der Waals surface area contributed by atoms with Crippen LogP contribution >= 0.6 is 0 Å². The van der Waals surface area contributed by atoms with E-state index >= 15 is 0 Å². The Hall–Kier alpha value is -1.02. The van der Waals surface area contributed by atoms with E-state index in [2.05, 4.69) is 50.4 Å². The molecule has 0 spiro atoms. The Kier molecular flexibility index (Phi) is 4.19. The van der Waals surface area contributed by atoms with Crippen LogP contribution in [0.15, 0.2) is 24.3 Å². The van der Waals surface area contributed by atoms with E-state index < -0.39 is 0 Å². The Morgan fingerprint density at radius 2 is 1.89 bits per heavy atom. The van der Waals surface area contributed by atoms with Crippen LogP contribution in [0, 0.1) is 5.41 Å². The fourth-order valence-corrected chi connectivity index (χ4v) is 3.18. The second kappa shape index (κ2) is 5.54. The van der Waals surface area contributed by atoms with E-state index in [0.29, 0.717) is 11.0 Å². The van der Waals surface area contributed by atoms with Crippen molar-refractivity contribution in [2.75, 3.05) is 13.7 Å². The highest BCUT2D eigenvalue weighted by atomic mass is 16.5. The zero-order chi connectivity index (χ0) is 13.9. The van der Waals surface area contributed by atoms with Crippen LogP contribution in [0.3, 0.4) is 0 Å². The summed E-state index contributed by atoms with van der Waals surface area (Å²) in [7, 11) is 1.71. The minimum atomic E-state index is 0.299. The van der Waals surface area contributed by atoms with Gasteiger partial charge < -0.3 is 10.1 Å². The van der Waals surface area contributed by atoms with Crippen LogP contribution in [0.2, 0.25) is 0 Å². The summed E-state index contributed by atoms with van der Waals surface area (Å²) in [5, 5.41) is 3.78. The molecule has 0 aromatic heterocycles. The SMILES string of the molecule is COc1ccc(CCC2(C(C)(C)C)CCCN2)cc1. The average Bonchev–Trinajstić information content (AvgIpc) is 2.86. The van der Waals surface area contributed by atoms with Crippen molar-refractivity contribution in [3.05, 3.63) is 29.8 Å². The van der Waals surface area contributed by atoms with Crippen molar-refractivity contribution in [1.29, 1.82) is 0 Å². The van der Waals surface area contributed by atoms with Gasteiger partial charge in [-0.3, -0.25) is 0 Å². The zero-order valence-corrected chi connectivity index (χ0v) is 12.8. The maximum atomic E-state index is 5.21. The van der Waals surface area contributed by atoms with E-state index in [-0.39, 0.29) is 0 Å². The minimum absolute atomic E-state index is 0.299. The van der Waals surface area contributed by atoms with Gasteiger partial charge in [-0.25, -0.2) is 0 Å². The molecule has 1 saturated heterocycles. The Labute approximate surface area is 117 Å². The third-order valence-electron chi connectivity index (χ3n) is 4.68. The Morgan fingerprint density at radius 3 is 2.37 bits per heavy atom. The second-order valence-corrected chi connectivity index (χ2v) is 6.71. The first-order chi connectivity index (χ1) is 8.97. The lowest BCUT2D eigenvalue weighted by atomic mass is 9.69. The maximum Gasteiger partial charge on any atom is 0.118 e. The summed E-state index contributed by atoms with van der Waals surface area (Å²) in [5.41, 5.74) is 2.02. The van der Waals surface area contributed by atoms with Crippen LogP contribution in [-0.2, 0) is 6.42 Å². The van der Waals surface area contributed by atoms with Crippen LogP contribution in [0.4, 0.5) is 0 Å². The highest BCUT2D eigenvalue weighted by Crippen LogP contribution is 2.40. The van der Waals surface area contributed by atoms with Crippen molar-refractivity contribution in [3.63, 3.8) is 0 Å². The predicted octanol–water partition coefficient (Wildman–Crippen LogP) is 3.80. The van der Waals surface area contributed by atoms with E-state index in [0.717, 1.165) is 12.2 Å². The molecule has 1 N–H and O–H groups in total. The van der Waals surface area contributed by atoms with Gasteiger partial charge >= 0.3 is 0 Å². The molecule has 0 amide bonds. The largest absolute Gasteiger partial charge is 0.497 e. The first-order valence-corrected chi connectivity index (χ1v) is 7.35. The highest BCUT2D eigenvalue weighted by molar-refractivity contribution is 5.27. The smallest absolute Gasteiger partial charge is 0.118 e. The van der Waals surface area contributed by atoms with E-state index in [1.807, 2.05) is 0 Å². The summed E-state index contributed by atoms with van der Waals surface area (Å²) in [6.45, 7) is 8.25. The van der Waals surface area contributed by atoms with Gasteiger partial charge in [-0.1, -0.05) is 32.9 Å². The van der Waals surface area contributed by atoms with Gasteiger partial charge in [-0.2, -0.15) is 0 Å². The van der Waals surface area contributed by atoms with Crippen LogP contribution in [0.1, 0.15) is 45.6 Å². The number of benzene rings is 1. The normalized spacial score (nSPS) is 23.6. The molecule has 0 aliphatic carbocycles. The molecular formula is C17H27NO. The summed E-state index contributed by atoms with van der Waals surface area (Å²) in [5.74, 6) is 0.938. The number of rotatable bonds is 4. The number of methoxy groups -OCH3 is 1. The molecule has 19 heavy (non-hydrogen) atoms. The van der Waals surface area contributed by atoms with Crippen LogP contribution in [-0.4, -0.2) is 19.2 Å². The lowest BCUT2D eigenvalue weighted by molar-refractivity contribution is 0.148. The predicted molar refractivity (Wildman–Crippen MR) is 80.7 cm³/mol. The number of ether oxygens (including phenoxy) is 1. The van der Waals surface area contributed by atoms with Gasteiger partial charge in [0.05, 0.1) is 7.11 Å². The van der Waals surface area contributed by atoms with Gasteiger partial charge in [-0.15, -0.1) is 0 Å². The van der Waals surface area contributed by atoms with Gasteiger partial charge in [-0.05, 0) is 55.3 Å². The van der Waals surface area contributed by atoms with Crippen molar-refractivity contribution < 1.29 is 4.74 Å². The standard InChI is InChI=1S/C17H27NO/c1-16(2,3)17(11-5-13-18-17)12-10-14-6-8-15(19-4)9-7-14/h6-9,18H,5,10-13H2,1-4H3. The van der Waals surface area contributed by atoms with Crippen LogP contribution in [0.5, 0.6) is 5.75 Å². The second-order valence-electron chi connectivity index (χ2n) is 6.71. The number of aryl methyl sites for hydroxylation is 1. The van der Waals surface area contributed by atoms with Crippen molar-refractivity contribution in [2.45, 2.75) is 52.0 Å². The molecule has 0 saturated carbocycles. The van der Waals surface area contributed by atoms with Gasteiger partial charge in [0.25, 0.3) is 0 Å². The molecule has 2 heteroatoms. The monoisotopic (exact) mass is 261 g/mol. The molecule has 1 aliphatic heterocycles. The molecule has 1 heterocycles. The third kappa shape index (κ3) is 3.11. The summed E-state index contributed by atoms with van der Waals surface area (Å²) in [6, 6.07) is 8.48. The first-order valence-electron chi connectivity index (χ1n) is 7.35. The van der Waals surface area contributed by atoms with Gasteiger partial charge in [0, 0.05) is 5.54 Å². The van der Waals surface area contributed by atoms with E-state index in [4.69, 9.17) is 4.74 Å². The Bertz CT molecular complexity index is 396. The summed E-state index contributed by atoms with van der Waals surface area (Å²) in [4.78, 5) is 0. The fourth-order valence-electron chi connectivity index (χ4n) is 3.18. The molecule has 1 unspecified atom stereocenters. The summed E-state index contributed by atoms with van der Waals surface area (Å²) in [6.07, 6.45) is 4.95. The van der Waals surface area contributed by atoms with Gasteiger partial charge in [0.15, 0.2) is 0 Å². The van der Waals surface area contributed by atoms with Crippen LogP contribution in [0.25, 0.3) is 0 Å². The van der Waals surface area contributed by atoms with Crippen LogP contribution < -0.4 is 10.1 Å². The van der Waals surface area contributed by atoms with Gasteiger partial charge in [0.2, 0.25) is 0 Å². The molecule has 1 aromatic carbocycles. The molecule has 1 aromatic rings.